The van der Waals surface area contributed by atoms with E-state index in [2.05, 4.69) is 30.5 Å². The summed E-state index contributed by atoms with van der Waals surface area (Å²) in [5, 5.41) is 0. The van der Waals surface area contributed by atoms with Gasteiger partial charge in [0.25, 0.3) is 0 Å². The Labute approximate surface area is 119 Å². The van der Waals surface area contributed by atoms with Gasteiger partial charge in [0.15, 0.2) is 0 Å². The van der Waals surface area contributed by atoms with Crippen molar-refractivity contribution in [3.05, 3.63) is 23.9 Å². The van der Waals surface area contributed by atoms with E-state index < -0.39 is 6.61 Å². The Kier molecular flexibility index (Phi) is 7.44. The van der Waals surface area contributed by atoms with E-state index in [-0.39, 0.29) is 12.0 Å². The molecule has 0 aliphatic carbocycles. The van der Waals surface area contributed by atoms with E-state index in [9.17, 15) is 8.78 Å². The number of hydrogen-bond acceptors (Lipinski definition) is 3. The first-order valence-electron chi connectivity index (χ1n) is 7.05. The van der Waals surface area contributed by atoms with Gasteiger partial charge in [0.05, 0.1) is 18.4 Å². The summed E-state index contributed by atoms with van der Waals surface area (Å²) in [6.07, 6.45) is 3.41. The number of rotatable bonds is 9. The summed E-state index contributed by atoms with van der Waals surface area (Å²) in [6, 6.07) is 4.79. The predicted molar refractivity (Wildman–Crippen MR) is 73.8 cm³/mol. The molecule has 5 heteroatoms. The van der Waals surface area contributed by atoms with E-state index in [1.54, 1.807) is 12.1 Å². The normalized spacial score (nSPS) is 12.9. The molecule has 0 N–H and O–H groups in total. The molecule has 0 spiro atoms. The Morgan fingerprint density at radius 1 is 1.25 bits per heavy atom. The molecule has 1 aromatic heterocycles. The molecular formula is C15H23F2NO2. The molecule has 0 fully saturated rings. The number of aromatic nitrogens is 1. The van der Waals surface area contributed by atoms with Crippen LogP contribution in [-0.4, -0.2) is 17.7 Å². The first kappa shape index (κ1) is 16.8. The van der Waals surface area contributed by atoms with Gasteiger partial charge in [-0.25, -0.2) is 4.98 Å². The lowest BCUT2D eigenvalue weighted by atomic mass is 10.0. The molecule has 0 saturated heterocycles. The molecule has 0 unspecified atom stereocenters. The van der Waals surface area contributed by atoms with Crippen LogP contribution in [0.5, 0.6) is 5.88 Å². The predicted octanol–water partition coefficient (Wildman–Crippen LogP) is 4.41. The SMILES string of the molecule is CCCC[C@H](OCc1cccc(OC(F)F)n1)C(C)C. The van der Waals surface area contributed by atoms with Crippen molar-refractivity contribution in [2.24, 2.45) is 5.92 Å². The molecule has 0 bridgehead atoms. The fourth-order valence-corrected chi connectivity index (χ4v) is 1.90. The second-order valence-corrected chi connectivity index (χ2v) is 5.08. The van der Waals surface area contributed by atoms with Gasteiger partial charge in [-0.2, -0.15) is 8.78 Å². The van der Waals surface area contributed by atoms with Gasteiger partial charge in [-0.05, 0) is 18.4 Å². The highest BCUT2D eigenvalue weighted by atomic mass is 19.3. The molecule has 0 amide bonds. The van der Waals surface area contributed by atoms with E-state index in [1.807, 2.05) is 0 Å². The van der Waals surface area contributed by atoms with E-state index in [0.717, 1.165) is 19.3 Å². The number of pyridine rings is 1. The maximum atomic E-state index is 12.1. The van der Waals surface area contributed by atoms with Crippen LogP contribution >= 0.6 is 0 Å². The number of nitrogens with zero attached hydrogens (tertiary/aromatic N) is 1. The molecular weight excluding hydrogens is 264 g/mol. The second-order valence-electron chi connectivity index (χ2n) is 5.08. The molecule has 0 aliphatic heterocycles. The molecule has 0 aromatic carbocycles. The summed E-state index contributed by atoms with van der Waals surface area (Å²) in [5.41, 5.74) is 0.602. The summed E-state index contributed by atoms with van der Waals surface area (Å²) < 4.78 is 34.4. The number of hydrogen-bond donors (Lipinski definition) is 0. The van der Waals surface area contributed by atoms with E-state index in [0.29, 0.717) is 18.2 Å². The van der Waals surface area contributed by atoms with Crippen LogP contribution in [0.15, 0.2) is 18.2 Å². The van der Waals surface area contributed by atoms with Crippen molar-refractivity contribution in [2.45, 2.75) is 59.4 Å². The average Bonchev–Trinajstić information content (AvgIpc) is 2.38. The van der Waals surface area contributed by atoms with Gasteiger partial charge < -0.3 is 9.47 Å². The highest BCUT2D eigenvalue weighted by Crippen LogP contribution is 2.17. The van der Waals surface area contributed by atoms with Crippen LogP contribution in [0, 0.1) is 5.92 Å². The zero-order chi connectivity index (χ0) is 15.0. The molecule has 0 radical (unpaired) electrons. The van der Waals surface area contributed by atoms with Crippen LogP contribution in [0.1, 0.15) is 45.7 Å². The molecule has 3 nitrogen and oxygen atoms in total. The van der Waals surface area contributed by atoms with Gasteiger partial charge in [-0.3, -0.25) is 0 Å². The number of alkyl halides is 2. The maximum absolute atomic E-state index is 12.1. The molecule has 1 aromatic rings. The van der Waals surface area contributed by atoms with Gasteiger partial charge in [0, 0.05) is 6.07 Å². The quantitative estimate of drug-likeness (QED) is 0.674. The summed E-state index contributed by atoms with van der Waals surface area (Å²) >= 11 is 0. The third kappa shape index (κ3) is 6.28. The molecule has 0 saturated carbocycles. The van der Waals surface area contributed by atoms with Crippen LogP contribution < -0.4 is 4.74 Å². The van der Waals surface area contributed by atoms with E-state index >= 15 is 0 Å². The molecule has 1 rings (SSSR count). The number of halogens is 2. The van der Waals surface area contributed by atoms with Gasteiger partial charge >= 0.3 is 6.61 Å². The van der Waals surface area contributed by atoms with Gasteiger partial charge in [0.1, 0.15) is 0 Å². The first-order valence-corrected chi connectivity index (χ1v) is 7.05. The van der Waals surface area contributed by atoms with Gasteiger partial charge in [-0.1, -0.05) is 39.7 Å². The monoisotopic (exact) mass is 287 g/mol. The minimum absolute atomic E-state index is 0.0734. The van der Waals surface area contributed by atoms with Crippen molar-refractivity contribution in [3.63, 3.8) is 0 Å². The highest BCUT2D eigenvalue weighted by Gasteiger charge is 2.14. The van der Waals surface area contributed by atoms with Gasteiger partial charge in [-0.15, -0.1) is 0 Å². The van der Waals surface area contributed by atoms with Crippen LogP contribution in [-0.2, 0) is 11.3 Å². The maximum Gasteiger partial charge on any atom is 0.388 e. The third-order valence-electron chi connectivity index (χ3n) is 3.02. The van der Waals surface area contributed by atoms with Crippen LogP contribution in [0.25, 0.3) is 0 Å². The summed E-state index contributed by atoms with van der Waals surface area (Å²) in [7, 11) is 0. The average molecular weight is 287 g/mol. The Morgan fingerprint density at radius 2 is 2.00 bits per heavy atom. The highest BCUT2D eigenvalue weighted by molar-refractivity contribution is 5.15. The fourth-order valence-electron chi connectivity index (χ4n) is 1.90. The Balaban J connectivity index is 2.54. The number of ether oxygens (including phenoxy) is 2. The van der Waals surface area contributed by atoms with E-state index in [1.165, 1.54) is 6.07 Å². The van der Waals surface area contributed by atoms with Gasteiger partial charge in [0.2, 0.25) is 5.88 Å². The summed E-state index contributed by atoms with van der Waals surface area (Å²) in [6.45, 7) is 3.83. The van der Waals surface area contributed by atoms with Crippen molar-refractivity contribution in [2.75, 3.05) is 0 Å². The number of unbranched alkanes of at least 4 members (excludes halogenated alkanes) is 1. The molecule has 1 atom stereocenters. The van der Waals surface area contributed by atoms with Crippen molar-refractivity contribution < 1.29 is 18.3 Å². The van der Waals surface area contributed by atoms with Crippen LogP contribution in [0.4, 0.5) is 8.78 Å². The smallest absolute Gasteiger partial charge is 0.388 e. The topological polar surface area (TPSA) is 31.4 Å². The van der Waals surface area contributed by atoms with Crippen molar-refractivity contribution in [1.29, 1.82) is 0 Å². The van der Waals surface area contributed by atoms with E-state index in [4.69, 9.17) is 4.74 Å². The molecule has 1 heterocycles. The largest absolute Gasteiger partial charge is 0.417 e. The second kappa shape index (κ2) is 8.84. The lowest BCUT2D eigenvalue weighted by Crippen LogP contribution is -2.20. The minimum Gasteiger partial charge on any atom is -0.417 e. The zero-order valence-electron chi connectivity index (χ0n) is 12.3. The van der Waals surface area contributed by atoms with Crippen molar-refractivity contribution in [3.8, 4) is 5.88 Å². The molecule has 114 valence electrons. The van der Waals surface area contributed by atoms with Crippen LogP contribution in [0.3, 0.4) is 0 Å². The molecule has 20 heavy (non-hydrogen) atoms. The Hall–Kier alpha value is -1.23. The third-order valence-corrected chi connectivity index (χ3v) is 3.02. The Bertz CT molecular complexity index is 386. The minimum atomic E-state index is -2.85. The summed E-state index contributed by atoms with van der Waals surface area (Å²) in [4.78, 5) is 4.00. The summed E-state index contributed by atoms with van der Waals surface area (Å²) in [5.74, 6) is 0.345. The lowest BCUT2D eigenvalue weighted by Gasteiger charge is -2.21. The van der Waals surface area contributed by atoms with Crippen LogP contribution in [0.2, 0.25) is 0 Å². The van der Waals surface area contributed by atoms with Crippen molar-refractivity contribution in [1.82, 2.24) is 4.98 Å². The Morgan fingerprint density at radius 3 is 2.60 bits per heavy atom. The molecule has 0 aliphatic rings. The first-order chi connectivity index (χ1) is 9.52. The lowest BCUT2D eigenvalue weighted by molar-refractivity contribution is -0.0534. The van der Waals surface area contributed by atoms with Crippen molar-refractivity contribution >= 4 is 0 Å². The zero-order valence-corrected chi connectivity index (χ0v) is 12.3. The standard InChI is InChI=1S/C15H23F2NO2/c1-4-5-8-13(11(2)3)19-10-12-7-6-9-14(18-12)20-15(16)17/h6-7,9,11,13,15H,4-5,8,10H2,1-3H3/t13-/m0/s1. The fraction of sp³-hybridized carbons (Fsp3) is 0.667.